The molecule has 34 heavy (non-hydrogen) atoms. The summed E-state index contributed by atoms with van der Waals surface area (Å²) in [6.07, 6.45) is 11.7. The highest BCUT2D eigenvalue weighted by molar-refractivity contribution is 6.11. The molecule has 1 saturated heterocycles. The number of rotatable bonds is 4. The molecule has 0 radical (unpaired) electrons. The highest BCUT2D eigenvalue weighted by atomic mass is 15.4. The highest BCUT2D eigenvalue weighted by Gasteiger charge is 2.47. The van der Waals surface area contributed by atoms with Crippen LogP contribution in [0.5, 0.6) is 0 Å². The van der Waals surface area contributed by atoms with Gasteiger partial charge < -0.3 is 10.2 Å². The second kappa shape index (κ2) is 8.61. The van der Waals surface area contributed by atoms with Crippen molar-refractivity contribution in [1.82, 2.24) is 19.9 Å². The van der Waals surface area contributed by atoms with Crippen LogP contribution in [-0.4, -0.2) is 76.3 Å². The lowest BCUT2D eigenvalue weighted by Crippen LogP contribution is -2.52. The first kappa shape index (κ1) is 21.5. The molecule has 1 aliphatic carbocycles. The SMILES string of the molecule is CC(C)N1CCN(c2ccc(Nc3ncc4c(n3)N3C(=NCC35CCCCC5)N=C4)nc2)CC1. The maximum Gasteiger partial charge on any atom is 0.230 e. The molecule has 2 aromatic rings. The second-order valence-corrected chi connectivity index (χ2v) is 10.1. The number of anilines is 4. The monoisotopic (exact) mass is 459 g/mol. The summed E-state index contributed by atoms with van der Waals surface area (Å²) < 4.78 is 0. The zero-order chi connectivity index (χ0) is 23.1. The molecular formula is C25H33N9. The fraction of sp³-hybridized carbons (Fsp3) is 0.560. The molecule has 9 nitrogen and oxygen atoms in total. The molecule has 6 rings (SSSR count). The number of aromatic nitrogens is 3. The molecule has 0 amide bonds. The second-order valence-electron chi connectivity index (χ2n) is 10.1. The van der Waals surface area contributed by atoms with Crippen molar-refractivity contribution in [2.45, 2.75) is 57.5 Å². The van der Waals surface area contributed by atoms with Gasteiger partial charge in [-0.05, 0) is 38.8 Å². The van der Waals surface area contributed by atoms with Crippen molar-refractivity contribution in [3.8, 4) is 0 Å². The first-order chi connectivity index (χ1) is 16.6. The van der Waals surface area contributed by atoms with E-state index in [1.807, 2.05) is 24.7 Å². The van der Waals surface area contributed by atoms with E-state index in [1.165, 1.54) is 19.3 Å². The largest absolute Gasteiger partial charge is 0.368 e. The van der Waals surface area contributed by atoms with Gasteiger partial charge in [0.2, 0.25) is 11.9 Å². The van der Waals surface area contributed by atoms with Crippen LogP contribution in [0.2, 0.25) is 0 Å². The van der Waals surface area contributed by atoms with Gasteiger partial charge in [-0.2, -0.15) is 4.98 Å². The minimum absolute atomic E-state index is 0.0191. The lowest BCUT2D eigenvalue weighted by molar-refractivity contribution is 0.209. The van der Waals surface area contributed by atoms with Crippen molar-refractivity contribution in [3.63, 3.8) is 0 Å². The van der Waals surface area contributed by atoms with E-state index >= 15 is 0 Å². The number of pyridine rings is 1. The highest BCUT2D eigenvalue weighted by Crippen LogP contribution is 2.42. The molecule has 178 valence electrons. The Balaban J connectivity index is 1.18. The van der Waals surface area contributed by atoms with Gasteiger partial charge in [0, 0.05) is 44.6 Å². The number of hydrogen-bond acceptors (Lipinski definition) is 9. The molecule has 0 aromatic carbocycles. The van der Waals surface area contributed by atoms with E-state index in [0.717, 1.165) is 74.4 Å². The third-order valence-corrected chi connectivity index (χ3v) is 7.70. The molecule has 2 fully saturated rings. The Kier molecular flexibility index (Phi) is 5.44. The van der Waals surface area contributed by atoms with Gasteiger partial charge in [-0.3, -0.25) is 9.80 Å². The van der Waals surface area contributed by atoms with Crippen LogP contribution in [0, 0.1) is 0 Å². The number of piperazine rings is 1. The molecule has 0 bridgehead atoms. The number of fused-ring (bicyclic) bond motifs is 4. The summed E-state index contributed by atoms with van der Waals surface area (Å²) in [7, 11) is 0. The zero-order valence-electron chi connectivity index (χ0n) is 20.1. The van der Waals surface area contributed by atoms with Crippen molar-refractivity contribution >= 4 is 35.4 Å². The Hall–Kier alpha value is -3.07. The van der Waals surface area contributed by atoms with Gasteiger partial charge in [0.25, 0.3) is 0 Å². The summed E-state index contributed by atoms with van der Waals surface area (Å²) in [6.45, 7) is 9.58. The molecule has 1 saturated carbocycles. The van der Waals surface area contributed by atoms with Crippen molar-refractivity contribution in [1.29, 1.82) is 0 Å². The molecule has 0 atom stereocenters. The lowest BCUT2D eigenvalue weighted by atomic mass is 9.81. The number of nitrogens with one attached hydrogen (secondary N) is 1. The van der Waals surface area contributed by atoms with Crippen molar-refractivity contribution in [3.05, 3.63) is 30.1 Å². The third kappa shape index (κ3) is 3.81. The van der Waals surface area contributed by atoms with E-state index in [-0.39, 0.29) is 5.54 Å². The topological polar surface area (TPSA) is 85.1 Å². The summed E-state index contributed by atoms with van der Waals surface area (Å²) in [4.78, 5) is 30.7. The first-order valence-corrected chi connectivity index (χ1v) is 12.6. The molecule has 5 heterocycles. The van der Waals surface area contributed by atoms with Crippen LogP contribution in [0.4, 0.5) is 23.3 Å². The van der Waals surface area contributed by atoms with E-state index in [2.05, 4.69) is 54.9 Å². The number of nitrogens with zero attached hydrogens (tertiary/aromatic N) is 8. The molecule has 9 heteroatoms. The van der Waals surface area contributed by atoms with Crippen molar-refractivity contribution in [2.24, 2.45) is 9.98 Å². The van der Waals surface area contributed by atoms with Crippen LogP contribution >= 0.6 is 0 Å². The van der Waals surface area contributed by atoms with Crippen LogP contribution in [-0.2, 0) is 0 Å². The number of aliphatic imine (C=N–C) groups is 2. The Labute approximate surface area is 201 Å². The maximum absolute atomic E-state index is 4.91. The summed E-state index contributed by atoms with van der Waals surface area (Å²) in [5.41, 5.74) is 2.12. The third-order valence-electron chi connectivity index (χ3n) is 7.70. The van der Waals surface area contributed by atoms with Gasteiger partial charge >= 0.3 is 0 Å². The van der Waals surface area contributed by atoms with Gasteiger partial charge in [-0.1, -0.05) is 19.3 Å². The van der Waals surface area contributed by atoms with Crippen LogP contribution in [0.15, 0.2) is 34.5 Å². The van der Waals surface area contributed by atoms with Crippen LogP contribution < -0.4 is 15.1 Å². The smallest absolute Gasteiger partial charge is 0.230 e. The molecule has 1 N–H and O–H groups in total. The summed E-state index contributed by atoms with van der Waals surface area (Å²) in [5, 5.41) is 3.31. The number of guanidine groups is 1. The molecule has 1 spiro atoms. The van der Waals surface area contributed by atoms with E-state index in [1.54, 1.807) is 0 Å². The van der Waals surface area contributed by atoms with Crippen LogP contribution in [0.25, 0.3) is 0 Å². The molecule has 4 aliphatic rings. The van der Waals surface area contributed by atoms with Gasteiger partial charge in [-0.15, -0.1) is 0 Å². The number of hydrogen-bond donors (Lipinski definition) is 1. The Morgan fingerprint density at radius 2 is 1.79 bits per heavy atom. The molecule has 2 aromatic heterocycles. The molecule has 3 aliphatic heterocycles. The van der Waals surface area contributed by atoms with Gasteiger partial charge in [0.05, 0.1) is 29.5 Å². The Morgan fingerprint density at radius 1 is 0.971 bits per heavy atom. The van der Waals surface area contributed by atoms with E-state index < -0.39 is 0 Å². The molecular weight excluding hydrogens is 426 g/mol. The quantitative estimate of drug-likeness (QED) is 0.749. The Bertz CT molecular complexity index is 1090. The normalized spacial score (nSPS) is 21.6. The van der Waals surface area contributed by atoms with Crippen molar-refractivity contribution < 1.29 is 0 Å². The Morgan fingerprint density at radius 3 is 2.53 bits per heavy atom. The summed E-state index contributed by atoms with van der Waals surface area (Å²) >= 11 is 0. The fourth-order valence-electron chi connectivity index (χ4n) is 5.68. The molecule has 0 unspecified atom stereocenters. The predicted molar refractivity (Wildman–Crippen MR) is 137 cm³/mol. The van der Waals surface area contributed by atoms with Crippen LogP contribution in [0.3, 0.4) is 0 Å². The predicted octanol–water partition coefficient (Wildman–Crippen LogP) is 3.46. The average molecular weight is 460 g/mol. The fourth-order valence-corrected chi connectivity index (χ4v) is 5.68. The summed E-state index contributed by atoms with van der Waals surface area (Å²) in [6, 6.07) is 4.75. The summed E-state index contributed by atoms with van der Waals surface area (Å²) in [5.74, 6) is 3.00. The van der Waals surface area contributed by atoms with Gasteiger partial charge in [0.1, 0.15) is 11.6 Å². The van der Waals surface area contributed by atoms with E-state index in [9.17, 15) is 0 Å². The lowest BCUT2D eigenvalue weighted by Gasteiger charge is -2.42. The minimum atomic E-state index is 0.0191. The standard InChI is InChI=1S/C25H33N9/c1-18(2)32-10-12-33(13-11-32)20-6-7-21(26-16-20)30-23-27-14-19-15-28-24-29-17-25(8-4-3-5-9-25)34(24)22(19)31-23/h6-7,14-16,18H,3-5,8-13,17H2,1-2H3,(H,26,27,30,31). The van der Waals surface area contributed by atoms with Crippen LogP contribution in [0.1, 0.15) is 51.5 Å². The van der Waals surface area contributed by atoms with Gasteiger partial charge in [0.15, 0.2) is 0 Å². The maximum atomic E-state index is 4.91. The van der Waals surface area contributed by atoms with Gasteiger partial charge in [-0.25, -0.2) is 20.0 Å². The first-order valence-electron chi connectivity index (χ1n) is 12.6. The van der Waals surface area contributed by atoms with E-state index in [4.69, 9.17) is 9.98 Å². The van der Waals surface area contributed by atoms with Crippen molar-refractivity contribution in [2.75, 3.05) is 47.8 Å². The zero-order valence-corrected chi connectivity index (χ0v) is 20.1. The minimum Gasteiger partial charge on any atom is -0.368 e. The van der Waals surface area contributed by atoms with E-state index in [0.29, 0.717) is 12.0 Å². The average Bonchev–Trinajstić information content (AvgIpc) is 3.23.